The molecule has 1 unspecified atom stereocenters. The number of morpholine rings is 1. The van der Waals surface area contributed by atoms with E-state index in [-0.39, 0.29) is 24.4 Å². The number of rotatable bonds is 4. The monoisotopic (exact) mass is 468 g/mol. The largest absolute Gasteiger partial charge is 0.377 e. The van der Waals surface area contributed by atoms with Gasteiger partial charge in [0.25, 0.3) is 5.91 Å². The number of hydrogen-bond acceptors (Lipinski definition) is 6. The van der Waals surface area contributed by atoms with Crippen LogP contribution in [0.15, 0.2) is 42.7 Å². The normalized spacial score (nSPS) is 18.5. The van der Waals surface area contributed by atoms with E-state index < -0.39 is 0 Å². The number of pyridine rings is 1. The first-order valence-corrected chi connectivity index (χ1v) is 11.1. The number of halogens is 1. The molecule has 5 rings (SSSR count). The lowest BCUT2D eigenvalue weighted by Crippen LogP contribution is -2.47. The third-order valence-corrected chi connectivity index (χ3v) is 6.43. The molecule has 1 saturated heterocycles. The molecule has 8 nitrogen and oxygen atoms in total. The predicted octanol–water partition coefficient (Wildman–Crippen LogP) is 2.81. The van der Waals surface area contributed by atoms with Gasteiger partial charge < -0.3 is 9.64 Å². The average molecular weight is 469 g/mol. The van der Waals surface area contributed by atoms with Gasteiger partial charge >= 0.3 is 0 Å². The maximum absolute atomic E-state index is 13.1. The third kappa shape index (κ3) is 4.64. The Labute approximate surface area is 200 Å². The zero-order valence-corrected chi connectivity index (χ0v) is 19.8. The number of nitrogens with zero attached hydrogens (tertiary/aromatic N) is 6. The van der Waals surface area contributed by atoms with Crippen LogP contribution < -0.4 is 0 Å². The predicted molar refractivity (Wildman–Crippen MR) is 127 cm³/mol. The molecule has 0 spiro atoms. The molecule has 0 N–H and O–H groups in total. The molecule has 2 aliphatic heterocycles. The Balaban J connectivity index is 0.00000259. The van der Waals surface area contributed by atoms with Crippen molar-refractivity contribution in [3.63, 3.8) is 0 Å². The van der Waals surface area contributed by atoms with E-state index in [0.29, 0.717) is 25.5 Å². The maximum atomic E-state index is 13.1. The highest BCUT2D eigenvalue weighted by molar-refractivity contribution is 5.93. The summed E-state index contributed by atoms with van der Waals surface area (Å²) >= 11 is 0. The molecular formula is C24H29ClN6O2. The summed E-state index contributed by atoms with van der Waals surface area (Å²) in [5.74, 6) is -0.0714. The molecule has 3 aromatic rings. The van der Waals surface area contributed by atoms with Crippen LogP contribution in [-0.4, -0.2) is 68.0 Å². The van der Waals surface area contributed by atoms with E-state index in [1.165, 1.54) is 16.7 Å². The van der Waals surface area contributed by atoms with Crippen LogP contribution in [0.25, 0.3) is 5.69 Å². The van der Waals surface area contributed by atoms with Gasteiger partial charge in [-0.1, -0.05) is 17.3 Å². The first-order chi connectivity index (χ1) is 15.6. The van der Waals surface area contributed by atoms with Gasteiger partial charge in [-0.25, -0.2) is 4.68 Å². The zero-order chi connectivity index (χ0) is 22.1. The molecule has 9 heteroatoms. The van der Waals surface area contributed by atoms with Gasteiger partial charge in [0.1, 0.15) is 0 Å². The summed E-state index contributed by atoms with van der Waals surface area (Å²) in [6.45, 7) is 8.39. The fourth-order valence-corrected chi connectivity index (χ4v) is 4.65. The Morgan fingerprint density at radius 1 is 1.18 bits per heavy atom. The molecule has 1 fully saturated rings. The van der Waals surface area contributed by atoms with Gasteiger partial charge in [-0.15, -0.1) is 17.5 Å². The van der Waals surface area contributed by atoms with Crippen molar-refractivity contribution in [2.24, 2.45) is 0 Å². The van der Waals surface area contributed by atoms with E-state index in [0.717, 1.165) is 37.4 Å². The standard InChI is InChI=1S/C24H28N6O2.ClH/c1-17-16-32-13-12-29(17)24(31)23-18(2)30(27-26-23)22-5-3-4-20-15-28(11-8-21(20)22)14-19-6-9-25-10-7-19;/h3-7,9-10,17H,8,11-16H2,1-2H3;1H. The van der Waals surface area contributed by atoms with Gasteiger partial charge in [-0.3, -0.25) is 14.7 Å². The smallest absolute Gasteiger partial charge is 0.276 e. The number of amides is 1. The first kappa shape index (κ1) is 23.4. The molecule has 1 atom stereocenters. The molecule has 4 heterocycles. The van der Waals surface area contributed by atoms with E-state index in [2.05, 4.69) is 50.5 Å². The minimum atomic E-state index is -0.0714. The van der Waals surface area contributed by atoms with E-state index in [1.807, 2.05) is 35.8 Å². The maximum Gasteiger partial charge on any atom is 0.276 e. The third-order valence-electron chi connectivity index (χ3n) is 6.43. The molecular weight excluding hydrogens is 440 g/mol. The van der Waals surface area contributed by atoms with Gasteiger partial charge in [0, 0.05) is 38.6 Å². The minimum Gasteiger partial charge on any atom is -0.377 e. The summed E-state index contributed by atoms with van der Waals surface area (Å²) in [5.41, 5.74) is 6.07. The van der Waals surface area contributed by atoms with Crippen molar-refractivity contribution in [2.75, 3.05) is 26.3 Å². The number of fused-ring (bicyclic) bond motifs is 1. The number of carbonyl (C=O) groups is 1. The molecule has 0 aliphatic carbocycles. The van der Waals surface area contributed by atoms with Crippen molar-refractivity contribution >= 4 is 18.3 Å². The van der Waals surface area contributed by atoms with E-state index in [1.54, 1.807) is 0 Å². The fourth-order valence-electron chi connectivity index (χ4n) is 4.65. The summed E-state index contributed by atoms with van der Waals surface area (Å²) in [4.78, 5) is 21.5. The van der Waals surface area contributed by atoms with Crippen LogP contribution >= 0.6 is 12.4 Å². The van der Waals surface area contributed by atoms with Crippen molar-refractivity contribution < 1.29 is 9.53 Å². The van der Waals surface area contributed by atoms with Gasteiger partial charge in [0.2, 0.25) is 0 Å². The summed E-state index contributed by atoms with van der Waals surface area (Å²) in [5, 5.41) is 8.68. The number of aromatic nitrogens is 4. The van der Waals surface area contributed by atoms with Crippen LogP contribution in [0, 0.1) is 6.92 Å². The fraction of sp³-hybridized carbons (Fsp3) is 0.417. The van der Waals surface area contributed by atoms with Crippen LogP contribution in [0.5, 0.6) is 0 Å². The molecule has 0 bridgehead atoms. The zero-order valence-electron chi connectivity index (χ0n) is 19.0. The first-order valence-electron chi connectivity index (χ1n) is 11.1. The van der Waals surface area contributed by atoms with Crippen LogP contribution in [0.2, 0.25) is 0 Å². The van der Waals surface area contributed by atoms with Gasteiger partial charge in [-0.05, 0) is 55.2 Å². The number of ether oxygens (including phenoxy) is 1. The van der Waals surface area contributed by atoms with Crippen molar-refractivity contribution in [2.45, 2.75) is 39.4 Å². The van der Waals surface area contributed by atoms with E-state index in [4.69, 9.17) is 4.74 Å². The topological polar surface area (TPSA) is 76.4 Å². The van der Waals surface area contributed by atoms with Crippen LogP contribution in [0.3, 0.4) is 0 Å². The lowest BCUT2D eigenvalue weighted by molar-refractivity contribution is 0.00322. The Bertz CT molecular complexity index is 1120. The highest BCUT2D eigenvalue weighted by atomic mass is 35.5. The van der Waals surface area contributed by atoms with Crippen molar-refractivity contribution in [1.82, 2.24) is 29.8 Å². The Morgan fingerprint density at radius 2 is 2.00 bits per heavy atom. The quantitative estimate of drug-likeness (QED) is 0.586. The van der Waals surface area contributed by atoms with Crippen molar-refractivity contribution in [3.8, 4) is 5.69 Å². The number of hydrogen-bond donors (Lipinski definition) is 0. The van der Waals surface area contributed by atoms with Crippen LogP contribution in [0.1, 0.15) is 39.8 Å². The molecule has 2 aliphatic rings. The number of benzene rings is 1. The average Bonchev–Trinajstić information content (AvgIpc) is 3.20. The van der Waals surface area contributed by atoms with Crippen LogP contribution in [0.4, 0.5) is 0 Å². The molecule has 174 valence electrons. The summed E-state index contributed by atoms with van der Waals surface area (Å²) in [6, 6.07) is 10.5. The van der Waals surface area contributed by atoms with Gasteiger partial charge in [-0.2, -0.15) is 0 Å². The minimum absolute atomic E-state index is 0. The SMILES string of the molecule is Cc1c(C(=O)N2CCOCC2C)nnn1-c1cccc2c1CCN(Cc1ccncc1)C2.Cl. The van der Waals surface area contributed by atoms with Gasteiger partial charge in [0.05, 0.1) is 30.6 Å². The Morgan fingerprint density at radius 3 is 2.79 bits per heavy atom. The lowest BCUT2D eigenvalue weighted by atomic mass is 9.97. The number of carbonyl (C=O) groups excluding carboxylic acids is 1. The van der Waals surface area contributed by atoms with Crippen molar-refractivity contribution in [3.05, 3.63) is 70.8 Å². The van der Waals surface area contributed by atoms with E-state index >= 15 is 0 Å². The highest BCUT2D eigenvalue weighted by Crippen LogP contribution is 2.27. The Hall–Kier alpha value is -2.81. The summed E-state index contributed by atoms with van der Waals surface area (Å²) < 4.78 is 7.30. The van der Waals surface area contributed by atoms with Crippen molar-refractivity contribution in [1.29, 1.82) is 0 Å². The molecule has 2 aromatic heterocycles. The molecule has 1 aromatic carbocycles. The second kappa shape index (κ2) is 9.99. The van der Waals surface area contributed by atoms with E-state index in [9.17, 15) is 4.79 Å². The second-order valence-electron chi connectivity index (χ2n) is 8.59. The van der Waals surface area contributed by atoms with Gasteiger partial charge in [0.15, 0.2) is 5.69 Å². The Kier molecular flexibility index (Phi) is 7.07. The highest BCUT2D eigenvalue weighted by Gasteiger charge is 2.29. The molecule has 1 amide bonds. The summed E-state index contributed by atoms with van der Waals surface area (Å²) in [6.07, 6.45) is 4.62. The molecule has 0 saturated carbocycles. The second-order valence-corrected chi connectivity index (χ2v) is 8.59. The van der Waals surface area contributed by atoms with Crippen LogP contribution in [-0.2, 0) is 24.2 Å². The molecule has 33 heavy (non-hydrogen) atoms. The molecule has 0 radical (unpaired) electrons. The summed E-state index contributed by atoms with van der Waals surface area (Å²) in [7, 11) is 0. The lowest BCUT2D eigenvalue weighted by Gasteiger charge is -2.32.